The van der Waals surface area contributed by atoms with Crippen LogP contribution in [0, 0.1) is 0 Å². The van der Waals surface area contributed by atoms with Crippen molar-refractivity contribution in [2.45, 2.75) is 13.8 Å². The van der Waals surface area contributed by atoms with Crippen molar-refractivity contribution < 1.29 is 0 Å². The van der Waals surface area contributed by atoms with Crippen LogP contribution in [0.5, 0.6) is 0 Å². The molecule has 1 aromatic carbocycles. The molecule has 0 aliphatic heterocycles. The summed E-state index contributed by atoms with van der Waals surface area (Å²) in [5, 5.41) is 3.81. The van der Waals surface area contributed by atoms with Crippen LogP contribution in [0.4, 0.5) is 11.4 Å². The first kappa shape index (κ1) is 12.9. The summed E-state index contributed by atoms with van der Waals surface area (Å²) in [4.78, 5) is 2.31. The molecular formula is C13H19ClN2. The molecule has 16 heavy (non-hydrogen) atoms. The van der Waals surface area contributed by atoms with E-state index in [0.29, 0.717) is 11.6 Å². The highest BCUT2D eigenvalue weighted by molar-refractivity contribution is 6.29. The van der Waals surface area contributed by atoms with Crippen LogP contribution in [0.2, 0.25) is 0 Å². The van der Waals surface area contributed by atoms with Gasteiger partial charge in [0.1, 0.15) is 0 Å². The van der Waals surface area contributed by atoms with Gasteiger partial charge in [-0.2, -0.15) is 0 Å². The van der Waals surface area contributed by atoms with E-state index in [1.165, 1.54) is 5.69 Å². The molecule has 0 aromatic heterocycles. The third-order valence-electron chi connectivity index (χ3n) is 2.48. The number of halogens is 1. The van der Waals surface area contributed by atoms with Crippen LogP contribution in [0.1, 0.15) is 13.8 Å². The molecule has 1 rings (SSSR count). The van der Waals surface area contributed by atoms with E-state index in [0.717, 1.165) is 18.8 Å². The average Bonchev–Trinajstić information content (AvgIpc) is 2.29. The SMILES string of the molecule is C=C(Cl)CNc1ccc(N(CC)CC)cc1. The molecule has 1 aromatic rings. The lowest BCUT2D eigenvalue weighted by Crippen LogP contribution is -2.21. The maximum atomic E-state index is 5.69. The van der Waals surface area contributed by atoms with E-state index < -0.39 is 0 Å². The topological polar surface area (TPSA) is 15.3 Å². The van der Waals surface area contributed by atoms with Crippen molar-refractivity contribution in [1.29, 1.82) is 0 Å². The number of hydrogen-bond donors (Lipinski definition) is 1. The zero-order valence-electron chi connectivity index (χ0n) is 9.96. The van der Waals surface area contributed by atoms with E-state index in [9.17, 15) is 0 Å². The van der Waals surface area contributed by atoms with Crippen molar-refractivity contribution in [2.75, 3.05) is 29.9 Å². The summed E-state index contributed by atoms with van der Waals surface area (Å²) < 4.78 is 0. The second-order valence-electron chi connectivity index (χ2n) is 3.59. The number of hydrogen-bond acceptors (Lipinski definition) is 2. The van der Waals surface area contributed by atoms with Gasteiger partial charge in [-0.3, -0.25) is 0 Å². The van der Waals surface area contributed by atoms with Gasteiger partial charge in [-0.25, -0.2) is 0 Å². The van der Waals surface area contributed by atoms with E-state index in [1.807, 2.05) is 0 Å². The van der Waals surface area contributed by atoms with Crippen LogP contribution >= 0.6 is 11.6 Å². The smallest absolute Gasteiger partial charge is 0.0501 e. The molecule has 1 N–H and O–H groups in total. The molecule has 0 amide bonds. The van der Waals surface area contributed by atoms with Gasteiger partial charge in [0.05, 0.1) is 6.54 Å². The van der Waals surface area contributed by atoms with Crippen molar-refractivity contribution in [3.63, 3.8) is 0 Å². The highest BCUT2D eigenvalue weighted by Crippen LogP contribution is 2.17. The molecule has 2 nitrogen and oxygen atoms in total. The van der Waals surface area contributed by atoms with Crippen LogP contribution in [0.3, 0.4) is 0 Å². The third-order valence-corrected chi connectivity index (χ3v) is 2.61. The summed E-state index contributed by atoms with van der Waals surface area (Å²) in [5.41, 5.74) is 2.32. The lowest BCUT2D eigenvalue weighted by atomic mass is 10.2. The van der Waals surface area contributed by atoms with Gasteiger partial charge in [0.25, 0.3) is 0 Å². The normalized spacial score (nSPS) is 9.94. The van der Waals surface area contributed by atoms with Crippen molar-refractivity contribution in [3.05, 3.63) is 35.9 Å². The molecule has 0 saturated heterocycles. The predicted octanol–water partition coefficient (Wildman–Crippen LogP) is 3.70. The van der Waals surface area contributed by atoms with E-state index in [1.54, 1.807) is 0 Å². The van der Waals surface area contributed by atoms with E-state index in [4.69, 9.17) is 11.6 Å². The largest absolute Gasteiger partial charge is 0.380 e. The Morgan fingerprint density at radius 3 is 2.25 bits per heavy atom. The highest BCUT2D eigenvalue weighted by atomic mass is 35.5. The van der Waals surface area contributed by atoms with E-state index >= 15 is 0 Å². The predicted molar refractivity (Wildman–Crippen MR) is 73.5 cm³/mol. The molecule has 0 radical (unpaired) electrons. The first-order valence-corrected chi connectivity index (χ1v) is 5.97. The Labute approximate surface area is 103 Å². The second-order valence-corrected chi connectivity index (χ2v) is 4.12. The molecule has 0 aliphatic carbocycles. The molecular weight excluding hydrogens is 220 g/mol. The van der Waals surface area contributed by atoms with Gasteiger partial charge in [-0.15, -0.1) is 0 Å². The number of benzene rings is 1. The summed E-state index contributed by atoms with van der Waals surface area (Å²) in [6, 6.07) is 8.36. The summed E-state index contributed by atoms with van der Waals surface area (Å²) in [5.74, 6) is 0. The van der Waals surface area contributed by atoms with Crippen LogP contribution in [-0.4, -0.2) is 19.6 Å². The van der Waals surface area contributed by atoms with Crippen LogP contribution in [0.15, 0.2) is 35.9 Å². The molecule has 0 bridgehead atoms. The number of nitrogens with zero attached hydrogens (tertiary/aromatic N) is 1. The van der Waals surface area contributed by atoms with Crippen molar-refractivity contribution in [2.24, 2.45) is 0 Å². The van der Waals surface area contributed by atoms with Crippen LogP contribution in [-0.2, 0) is 0 Å². The van der Waals surface area contributed by atoms with Gasteiger partial charge in [0.15, 0.2) is 0 Å². The highest BCUT2D eigenvalue weighted by Gasteiger charge is 2.00. The van der Waals surface area contributed by atoms with Crippen molar-refractivity contribution >= 4 is 23.0 Å². The Hall–Kier alpha value is -1.15. The second kappa shape index (κ2) is 6.44. The molecule has 88 valence electrons. The minimum absolute atomic E-state index is 0.603. The molecule has 0 fully saturated rings. The Balaban J connectivity index is 2.63. The molecule has 0 heterocycles. The van der Waals surface area contributed by atoms with Crippen molar-refractivity contribution in [1.82, 2.24) is 0 Å². The van der Waals surface area contributed by atoms with Crippen LogP contribution in [0.25, 0.3) is 0 Å². The summed E-state index contributed by atoms with van der Waals surface area (Å²) in [7, 11) is 0. The molecule has 3 heteroatoms. The maximum Gasteiger partial charge on any atom is 0.0501 e. The molecule has 0 saturated carbocycles. The zero-order valence-corrected chi connectivity index (χ0v) is 10.7. The first-order valence-electron chi connectivity index (χ1n) is 5.59. The average molecular weight is 239 g/mol. The van der Waals surface area contributed by atoms with Crippen LogP contribution < -0.4 is 10.2 Å². The molecule has 0 unspecified atom stereocenters. The number of nitrogens with one attached hydrogen (secondary N) is 1. The summed E-state index contributed by atoms with van der Waals surface area (Å²) >= 11 is 5.69. The zero-order chi connectivity index (χ0) is 12.0. The van der Waals surface area contributed by atoms with Gasteiger partial charge in [-0.1, -0.05) is 18.2 Å². The third kappa shape index (κ3) is 3.78. The van der Waals surface area contributed by atoms with E-state index in [-0.39, 0.29) is 0 Å². The minimum Gasteiger partial charge on any atom is -0.380 e. The minimum atomic E-state index is 0.603. The Morgan fingerprint density at radius 1 is 1.25 bits per heavy atom. The van der Waals surface area contributed by atoms with Gasteiger partial charge in [0, 0.05) is 29.5 Å². The van der Waals surface area contributed by atoms with Gasteiger partial charge in [-0.05, 0) is 38.1 Å². The monoisotopic (exact) mass is 238 g/mol. The summed E-state index contributed by atoms with van der Waals surface area (Å²) in [6.07, 6.45) is 0. The van der Waals surface area contributed by atoms with Gasteiger partial charge in [0.2, 0.25) is 0 Å². The Bertz CT molecular complexity index is 328. The van der Waals surface area contributed by atoms with Gasteiger partial charge < -0.3 is 10.2 Å². The maximum absolute atomic E-state index is 5.69. The van der Waals surface area contributed by atoms with Gasteiger partial charge >= 0.3 is 0 Å². The fourth-order valence-electron chi connectivity index (χ4n) is 1.58. The lowest BCUT2D eigenvalue weighted by molar-refractivity contribution is 0.866. The molecule has 0 aliphatic rings. The fourth-order valence-corrected chi connectivity index (χ4v) is 1.64. The van der Waals surface area contributed by atoms with E-state index in [2.05, 4.69) is 54.9 Å². The fraction of sp³-hybridized carbons (Fsp3) is 0.385. The summed E-state index contributed by atoms with van der Waals surface area (Å²) in [6.45, 7) is 10.6. The number of rotatable bonds is 6. The Kier molecular flexibility index (Phi) is 5.20. The quantitative estimate of drug-likeness (QED) is 0.813. The molecule has 0 atom stereocenters. The standard InChI is InChI=1S/C13H19ClN2/c1-4-16(5-2)13-8-6-12(7-9-13)15-10-11(3)14/h6-9,15H,3-5,10H2,1-2H3. The number of anilines is 2. The first-order chi connectivity index (χ1) is 7.67. The lowest BCUT2D eigenvalue weighted by Gasteiger charge is -2.21. The molecule has 0 spiro atoms. The van der Waals surface area contributed by atoms with Crippen molar-refractivity contribution in [3.8, 4) is 0 Å². The Morgan fingerprint density at radius 2 is 1.81 bits per heavy atom.